The van der Waals surface area contributed by atoms with E-state index >= 15 is 0 Å². The van der Waals surface area contributed by atoms with Gasteiger partial charge in [-0.2, -0.15) is 18.5 Å². The van der Waals surface area contributed by atoms with Crippen molar-refractivity contribution >= 4 is 34.5 Å². The number of nitrogens with zero attached hydrogens (tertiary/aromatic N) is 4. The molecule has 2 heterocycles. The average molecular weight is 376 g/mol. The van der Waals surface area contributed by atoms with E-state index in [-0.39, 0.29) is 23.9 Å². The first-order chi connectivity index (χ1) is 10.9. The van der Waals surface area contributed by atoms with Crippen molar-refractivity contribution < 1.29 is 17.1 Å². The number of aromatic amines is 1. The number of nitrogens with one attached hydrogen (secondary N) is 1. The second kappa shape index (κ2) is 7.14. The van der Waals surface area contributed by atoms with Crippen LogP contribution in [0.25, 0.3) is 0 Å². The van der Waals surface area contributed by atoms with Crippen molar-refractivity contribution in [1.29, 1.82) is 0 Å². The zero-order valence-corrected chi connectivity index (χ0v) is 14.1. The Bertz CT molecular complexity index is 807. The summed E-state index contributed by atoms with van der Waals surface area (Å²) in [5, 5.41) is 6.54. The topological polar surface area (TPSA) is 99.3 Å². The largest absolute Gasteiger partial charge is 0.338 e. The van der Waals surface area contributed by atoms with Gasteiger partial charge >= 0.3 is 10.2 Å². The van der Waals surface area contributed by atoms with Crippen LogP contribution in [0.1, 0.15) is 10.4 Å². The number of hydrogen-bond donors (Lipinski definition) is 1. The van der Waals surface area contributed by atoms with Crippen LogP contribution in [0, 0.1) is 0 Å². The molecule has 8 nitrogen and oxygen atoms in total. The maximum Gasteiger partial charge on any atom is 0.332 e. The summed E-state index contributed by atoms with van der Waals surface area (Å²) in [5.74, 6) is 0.315. The number of rotatable bonds is 3. The van der Waals surface area contributed by atoms with Crippen LogP contribution in [0.15, 0.2) is 35.5 Å². The predicted molar refractivity (Wildman–Crippen MR) is 86.5 cm³/mol. The number of carbonyl (C=O) groups is 1. The number of carbonyl (C=O) groups excluding carboxylic acids is 1. The van der Waals surface area contributed by atoms with Gasteiger partial charge in [0.2, 0.25) is 5.95 Å². The van der Waals surface area contributed by atoms with Crippen molar-refractivity contribution in [3.63, 3.8) is 0 Å². The highest BCUT2D eigenvalue weighted by atomic mass is 35.5. The molecule has 2 aromatic rings. The number of hydrogen-bond acceptors (Lipinski definition) is 6. The number of piperazine rings is 1. The SMILES string of the molecule is Cl.O=C(c1cccc(S(=O)(=O)F)c1)N1CCN(c2ncn[nH]2)CC1. The number of amides is 1. The van der Waals surface area contributed by atoms with Gasteiger partial charge in [-0.05, 0) is 18.2 Å². The number of halogens is 2. The molecule has 0 unspecified atom stereocenters. The van der Waals surface area contributed by atoms with Gasteiger partial charge in [0, 0.05) is 31.7 Å². The Morgan fingerprint density at radius 1 is 1.21 bits per heavy atom. The second-order valence-corrected chi connectivity index (χ2v) is 6.40. The first kappa shape index (κ1) is 18.1. The molecule has 1 amide bonds. The molecule has 1 aliphatic heterocycles. The fourth-order valence-electron chi connectivity index (χ4n) is 2.44. The van der Waals surface area contributed by atoms with Crippen molar-refractivity contribution in [2.45, 2.75) is 4.90 Å². The fraction of sp³-hybridized carbons (Fsp3) is 0.308. The summed E-state index contributed by atoms with van der Waals surface area (Å²) in [6.07, 6.45) is 1.41. The molecule has 1 N–H and O–H groups in total. The first-order valence-electron chi connectivity index (χ1n) is 6.89. The molecule has 1 fully saturated rings. The van der Waals surface area contributed by atoms with E-state index in [1.165, 1.54) is 18.5 Å². The summed E-state index contributed by atoms with van der Waals surface area (Å²) in [6.45, 7) is 2.04. The van der Waals surface area contributed by atoms with Crippen molar-refractivity contribution in [2.75, 3.05) is 31.1 Å². The Kier molecular flexibility index (Phi) is 5.40. The minimum atomic E-state index is -4.83. The summed E-state index contributed by atoms with van der Waals surface area (Å²) in [5.41, 5.74) is 0.150. The Morgan fingerprint density at radius 3 is 2.50 bits per heavy atom. The molecule has 130 valence electrons. The van der Waals surface area contributed by atoms with Gasteiger partial charge in [0.25, 0.3) is 5.91 Å². The normalized spacial score (nSPS) is 15.0. The van der Waals surface area contributed by atoms with Gasteiger partial charge in [-0.15, -0.1) is 16.3 Å². The number of anilines is 1. The van der Waals surface area contributed by atoms with E-state index in [1.807, 2.05) is 4.90 Å². The molecule has 11 heteroatoms. The van der Waals surface area contributed by atoms with Gasteiger partial charge in [0.1, 0.15) is 6.33 Å². The maximum atomic E-state index is 13.0. The summed E-state index contributed by atoms with van der Waals surface area (Å²) < 4.78 is 34.9. The Morgan fingerprint density at radius 2 is 1.92 bits per heavy atom. The molecule has 24 heavy (non-hydrogen) atoms. The highest BCUT2D eigenvalue weighted by Gasteiger charge is 2.24. The molecule has 0 radical (unpaired) electrons. The van der Waals surface area contributed by atoms with Crippen LogP contribution in [0.2, 0.25) is 0 Å². The molecular formula is C13H15ClFN5O3S. The molecule has 3 rings (SSSR count). The standard InChI is InChI=1S/C13H14FN5O3S.ClH/c14-23(21,22)11-3-1-2-10(8-11)12(20)18-4-6-19(7-5-18)13-15-9-16-17-13;/h1-3,8-9H,4-7H2,(H,15,16,17);1H. The lowest BCUT2D eigenvalue weighted by Crippen LogP contribution is -2.49. The van der Waals surface area contributed by atoms with E-state index in [0.717, 1.165) is 12.1 Å². The van der Waals surface area contributed by atoms with Gasteiger partial charge < -0.3 is 9.80 Å². The predicted octanol–water partition coefficient (Wildman–Crippen LogP) is 0.847. The van der Waals surface area contributed by atoms with Crippen molar-refractivity contribution in [1.82, 2.24) is 20.1 Å². The van der Waals surface area contributed by atoms with E-state index in [2.05, 4.69) is 15.2 Å². The third kappa shape index (κ3) is 3.82. The lowest BCUT2D eigenvalue weighted by molar-refractivity contribution is 0.0746. The lowest BCUT2D eigenvalue weighted by atomic mass is 10.2. The zero-order chi connectivity index (χ0) is 16.4. The molecule has 0 atom stereocenters. The van der Waals surface area contributed by atoms with Gasteiger partial charge in [0.15, 0.2) is 0 Å². The monoisotopic (exact) mass is 375 g/mol. The minimum Gasteiger partial charge on any atom is -0.338 e. The average Bonchev–Trinajstić information content (AvgIpc) is 3.08. The molecule has 1 aromatic heterocycles. The second-order valence-electron chi connectivity index (χ2n) is 5.05. The third-order valence-electron chi connectivity index (χ3n) is 3.63. The molecule has 0 saturated carbocycles. The molecule has 1 saturated heterocycles. The van der Waals surface area contributed by atoms with Crippen LogP contribution in [-0.2, 0) is 10.2 Å². The highest BCUT2D eigenvalue weighted by molar-refractivity contribution is 7.86. The van der Waals surface area contributed by atoms with Crippen LogP contribution >= 0.6 is 12.4 Å². The molecule has 1 aromatic carbocycles. The van der Waals surface area contributed by atoms with E-state index in [9.17, 15) is 17.1 Å². The number of aromatic nitrogens is 3. The van der Waals surface area contributed by atoms with Crippen LogP contribution in [0.4, 0.5) is 9.83 Å². The summed E-state index contributed by atoms with van der Waals surface area (Å²) in [7, 11) is -4.83. The smallest absolute Gasteiger partial charge is 0.332 e. The number of benzene rings is 1. The molecule has 0 spiro atoms. The third-order valence-corrected chi connectivity index (χ3v) is 4.45. The van der Waals surface area contributed by atoms with Crippen LogP contribution in [0.5, 0.6) is 0 Å². The summed E-state index contributed by atoms with van der Waals surface area (Å²) >= 11 is 0. The van der Waals surface area contributed by atoms with Gasteiger partial charge in [-0.3, -0.25) is 4.79 Å². The quantitative estimate of drug-likeness (QED) is 0.798. The number of H-pyrrole nitrogens is 1. The zero-order valence-electron chi connectivity index (χ0n) is 12.4. The fourth-order valence-corrected chi connectivity index (χ4v) is 2.94. The van der Waals surface area contributed by atoms with Gasteiger partial charge in [-0.1, -0.05) is 6.07 Å². The highest BCUT2D eigenvalue weighted by Crippen LogP contribution is 2.17. The molecular weight excluding hydrogens is 361 g/mol. The van der Waals surface area contributed by atoms with Gasteiger partial charge in [-0.25, -0.2) is 5.10 Å². The van der Waals surface area contributed by atoms with E-state index in [4.69, 9.17) is 0 Å². The molecule has 0 aliphatic carbocycles. The Labute approximate surface area is 144 Å². The van der Waals surface area contributed by atoms with Gasteiger partial charge in [0.05, 0.1) is 4.90 Å². The van der Waals surface area contributed by atoms with E-state index in [0.29, 0.717) is 32.1 Å². The van der Waals surface area contributed by atoms with Crippen LogP contribution in [0.3, 0.4) is 0 Å². The van der Waals surface area contributed by atoms with E-state index in [1.54, 1.807) is 4.90 Å². The lowest BCUT2D eigenvalue weighted by Gasteiger charge is -2.34. The van der Waals surface area contributed by atoms with Crippen molar-refractivity contribution in [3.8, 4) is 0 Å². The summed E-state index contributed by atoms with van der Waals surface area (Å²) in [6, 6.07) is 5.00. The minimum absolute atomic E-state index is 0. The first-order valence-corrected chi connectivity index (χ1v) is 8.28. The van der Waals surface area contributed by atoms with Crippen LogP contribution < -0.4 is 4.90 Å². The van der Waals surface area contributed by atoms with Crippen molar-refractivity contribution in [3.05, 3.63) is 36.2 Å². The maximum absolute atomic E-state index is 13.0. The summed E-state index contributed by atoms with van der Waals surface area (Å²) in [4.78, 5) is 19.5. The Hall–Kier alpha value is -2.20. The molecule has 1 aliphatic rings. The Balaban J connectivity index is 0.00000208. The van der Waals surface area contributed by atoms with E-state index < -0.39 is 15.1 Å². The van der Waals surface area contributed by atoms with Crippen LogP contribution in [-0.4, -0.2) is 60.6 Å². The molecule has 0 bridgehead atoms. The van der Waals surface area contributed by atoms with Crippen molar-refractivity contribution in [2.24, 2.45) is 0 Å².